The summed E-state index contributed by atoms with van der Waals surface area (Å²) in [5.41, 5.74) is 0.448. The van der Waals surface area contributed by atoms with E-state index >= 15 is 0 Å². The molecule has 0 saturated carbocycles. The van der Waals surface area contributed by atoms with Gasteiger partial charge in [0.2, 0.25) is 10.0 Å². The van der Waals surface area contributed by atoms with E-state index in [1.165, 1.54) is 36.8 Å². The van der Waals surface area contributed by atoms with Gasteiger partial charge in [0.25, 0.3) is 0 Å². The predicted octanol–water partition coefficient (Wildman–Crippen LogP) is 1.42. The third kappa shape index (κ3) is 4.06. The van der Waals surface area contributed by atoms with Gasteiger partial charge >= 0.3 is 5.97 Å². The second-order valence-corrected chi connectivity index (χ2v) is 6.70. The van der Waals surface area contributed by atoms with Gasteiger partial charge in [-0.05, 0) is 33.6 Å². The van der Waals surface area contributed by atoms with Gasteiger partial charge in [0, 0.05) is 29.6 Å². The summed E-state index contributed by atoms with van der Waals surface area (Å²) in [6, 6.07) is 4.24. The van der Waals surface area contributed by atoms with Gasteiger partial charge in [0.15, 0.2) is 0 Å². The maximum absolute atomic E-state index is 12.0. The topological polar surface area (TPSA) is 109 Å². The molecule has 110 valence electrons. The molecule has 0 radical (unpaired) electrons. The molecule has 2 N–H and O–H groups in total. The number of hydrogen-bond acceptors (Lipinski definition) is 5. The lowest BCUT2D eigenvalue weighted by Crippen LogP contribution is -2.23. The summed E-state index contributed by atoms with van der Waals surface area (Å²) in [5, 5.41) is 8.72. The van der Waals surface area contributed by atoms with Gasteiger partial charge in [-0.25, -0.2) is 22.9 Å². The maximum atomic E-state index is 12.0. The Kier molecular flexibility index (Phi) is 4.66. The molecular weight excluding hydrogens is 362 g/mol. The second-order valence-electron chi connectivity index (χ2n) is 4.02. The number of rotatable bonds is 5. The number of sulfonamides is 1. The van der Waals surface area contributed by atoms with Crippen LogP contribution >= 0.6 is 15.9 Å². The molecule has 0 atom stereocenters. The monoisotopic (exact) mass is 371 g/mol. The normalized spacial score (nSPS) is 11.3. The molecular formula is C12H10BrN3O4S. The van der Waals surface area contributed by atoms with E-state index in [1.54, 1.807) is 0 Å². The summed E-state index contributed by atoms with van der Waals surface area (Å²) in [5.74, 6) is -1.14. The molecule has 0 fully saturated rings. The lowest BCUT2D eigenvalue weighted by molar-refractivity contribution is 0.0690. The van der Waals surface area contributed by atoms with E-state index in [-0.39, 0.29) is 17.1 Å². The molecule has 2 aromatic heterocycles. The number of aromatic nitrogens is 2. The fourth-order valence-electron chi connectivity index (χ4n) is 1.46. The maximum Gasteiger partial charge on any atom is 0.354 e. The van der Waals surface area contributed by atoms with Crippen LogP contribution in [0.2, 0.25) is 0 Å². The van der Waals surface area contributed by atoms with Gasteiger partial charge in [0.05, 0.1) is 0 Å². The molecule has 0 aliphatic heterocycles. The Morgan fingerprint density at radius 3 is 2.62 bits per heavy atom. The quantitative estimate of drug-likeness (QED) is 0.822. The summed E-state index contributed by atoms with van der Waals surface area (Å²) in [7, 11) is -3.69. The van der Waals surface area contributed by atoms with E-state index in [9.17, 15) is 13.2 Å². The third-order valence-electron chi connectivity index (χ3n) is 2.50. The Balaban J connectivity index is 2.10. The first-order valence-corrected chi connectivity index (χ1v) is 7.94. The number of halogens is 1. The minimum Gasteiger partial charge on any atom is -0.477 e. The predicted molar refractivity (Wildman–Crippen MR) is 77.2 cm³/mol. The smallest absolute Gasteiger partial charge is 0.354 e. The highest BCUT2D eigenvalue weighted by Crippen LogP contribution is 2.14. The van der Waals surface area contributed by atoms with Gasteiger partial charge < -0.3 is 5.11 Å². The fourth-order valence-corrected chi connectivity index (χ4v) is 2.98. The molecule has 21 heavy (non-hydrogen) atoms. The van der Waals surface area contributed by atoms with Crippen molar-refractivity contribution in [2.45, 2.75) is 11.4 Å². The van der Waals surface area contributed by atoms with Crippen molar-refractivity contribution in [1.82, 2.24) is 14.7 Å². The van der Waals surface area contributed by atoms with Crippen molar-refractivity contribution in [2.75, 3.05) is 0 Å². The third-order valence-corrected chi connectivity index (χ3v) is 4.30. The molecule has 2 aromatic rings. The van der Waals surface area contributed by atoms with Crippen LogP contribution in [0.5, 0.6) is 0 Å². The molecule has 0 aliphatic rings. The first kappa shape index (κ1) is 15.5. The molecule has 0 aliphatic carbocycles. The zero-order chi connectivity index (χ0) is 15.5. The highest BCUT2D eigenvalue weighted by Gasteiger charge is 2.14. The van der Waals surface area contributed by atoms with Crippen LogP contribution in [-0.4, -0.2) is 29.5 Å². The Labute approximate surface area is 129 Å². The summed E-state index contributed by atoms with van der Waals surface area (Å²) in [6.07, 6.45) is 4.03. The molecule has 2 heterocycles. The number of carboxylic acid groups (broad SMARTS) is 1. The highest BCUT2D eigenvalue weighted by molar-refractivity contribution is 9.10. The Morgan fingerprint density at radius 1 is 1.29 bits per heavy atom. The summed E-state index contributed by atoms with van der Waals surface area (Å²) >= 11 is 3.15. The first-order valence-electron chi connectivity index (χ1n) is 5.67. The number of nitrogens with zero attached hydrogens (tertiary/aromatic N) is 2. The number of aromatic carboxylic acids is 1. The van der Waals surface area contributed by atoms with Crippen LogP contribution in [0.3, 0.4) is 0 Å². The van der Waals surface area contributed by atoms with E-state index in [0.29, 0.717) is 10.0 Å². The van der Waals surface area contributed by atoms with Crippen molar-refractivity contribution in [3.05, 3.63) is 52.5 Å². The van der Waals surface area contributed by atoms with E-state index in [0.717, 1.165) is 0 Å². The van der Waals surface area contributed by atoms with Crippen LogP contribution in [0.15, 0.2) is 46.2 Å². The summed E-state index contributed by atoms with van der Waals surface area (Å²) in [6.45, 7) is 0.00173. The Bertz CT molecular complexity index is 762. The van der Waals surface area contributed by atoms with Crippen LogP contribution in [0.25, 0.3) is 0 Å². The van der Waals surface area contributed by atoms with Crippen LogP contribution in [0.4, 0.5) is 0 Å². The minimum absolute atomic E-state index is 0.00173. The van der Waals surface area contributed by atoms with Crippen LogP contribution in [0.1, 0.15) is 16.1 Å². The molecule has 0 unspecified atom stereocenters. The second kappa shape index (κ2) is 6.29. The van der Waals surface area contributed by atoms with Gasteiger partial charge in [-0.15, -0.1) is 0 Å². The number of pyridine rings is 2. The minimum atomic E-state index is -3.69. The highest BCUT2D eigenvalue weighted by atomic mass is 79.9. The average molecular weight is 372 g/mol. The van der Waals surface area contributed by atoms with Crippen molar-refractivity contribution < 1.29 is 18.3 Å². The number of hydrogen-bond donors (Lipinski definition) is 2. The average Bonchev–Trinajstić information content (AvgIpc) is 2.45. The zero-order valence-electron chi connectivity index (χ0n) is 10.5. The molecule has 7 nitrogen and oxygen atoms in total. The van der Waals surface area contributed by atoms with E-state index < -0.39 is 16.0 Å². The zero-order valence-corrected chi connectivity index (χ0v) is 12.9. The molecule has 0 bridgehead atoms. The number of carbonyl (C=O) groups is 1. The first-order chi connectivity index (χ1) is 9.88. The fraction of sp³-hybridized carbons (Fsp3) is 0.0833. The SMILES string of the molecule is O=C(O)c1ccc(CNS(=O)(=O)c2cncc(Br)c2)cn1. The molecule has 0 spiro atoms. The summed E-state index contributed by atoms with van der Waals surface area (Å²) in [4.78, 5) is 18.2. The lowest BCUT2D eigenvalue weighted by atomic mass is 10.2. The number of nitrogens with one attached hydrogen (secondary N) is 1. The van der Waals surface area contributed by atoms with Crippen LogP contribution in [0, 0.1) is 0 Å². The van der Waals surface area contributed by atoms with Crippen molar-refractivity contribution in [3.8, 4) is 0 Å². The van der Waals surface area contributed by atoms with Crippen LogP contribution in [-0.2, 0) is 16.6 Å². The molecule has 2 rings (SSSR count). The molecule has 9 heteroatoms. The summed E-state index contributed by atoms with van der Waals surface area (Å²) < 4.78 is 27.0. The lowest BCUT2D eigenvalue weighted by Gasteiger charge is -2.06. The molecule has 0 amide bonds. The van der Waals surface area contributed by atoms with Gasteiger partial charge in [0.1, 0.15) is 10.6 Å². The van der Waals surface area contributed by atoms with E-state index in [2.05, 4.69) is 30.6 Å². The van der Waals surface area contributed by atoms with Gasteiger partial charge in [-0.3, -0.25) is 4.98 Å². The van der Waals surface area contributed by atoms with Crippen LogP contribution < -0.4 is 4.72 Å². The van der Waals surface area contributed by atoms with Crippen molar-refractivity contribution in [1.29, 1.82) is 0 Å². The number of carboxylic acids is 1. The van der Waals surface area contributed by atoms with Crippen molar-refractivity contribution >= 4 is 31.9 Å². The van der Waals surface area contributed by atoms with Crippen molar-refractivity contribution in [3.63, 3.8) is 0 Å². The van der Waals surface area contributed by atoms with E-state index in [4.69, 9.17) is 5.11 Å². The van der Waals surface area contributed by atoms with Gasteiger partial charge in [-0.1, -0.05) is 6.07 Å². The standard InChI is InChI=1S/C12H10BrN3O4S/c13-9-3-10(7-14-6-9)21(19,20)16-5-8-1-2-11(12(17)18)15-4-8/h1-4,6-7,16H,5H2,(H,17,18). The van der Waals surface area contributed by atoms with Gasteiger partial charge in [-0.2, -0.15) is 0 Å². The Hall–Kier alpha value is -1.84. The molecule has 0 saturated heterocycles. The largest absolute Gasteiger partial charge is 0.477 e. The molecule has 0 aromatic carbocycles. The Morgan fingerprint density at radius 2 is 2.05 bits per heavy atom. The van der Waals surface area contributed by atoms with E-state index in [1.807, 2.05) is 0 Å². The van der Waals surface area contributed by atoms with Crippen molar-refractivity contribution in [2.24, 2.45) is 0 Å².